The molecule has 0 spiro atoms. The number of oxime groups is 1. The van der Waals surface area contributed by atoms with Crippen LogP contribution in [0.2, 0.25) is 0 Å². The van der Waals surface area contributed by atoms with E-state index in [4.69, 9.17) is 24.2 Å². The van der Waals surface area contributed by atoms with Crippen LogP contribution in [0.3, 0.4) is 0 Å². The summed E-state index contributed by atoms with van der Waals surface area (Å²) < 4.78 is 20.1. The van der Waals surface area contributed by atoms with Crippen molar-refractivity contribution in [2.75, 3.05) is 31.8 Å². The van der Waals surface area contributed by atoms with Crippen molar-refractivity contribution in [1.29, 1.82) is 0 Å². The standard InChI is InChI=1S/C21H27BrN4O11S/c1-9(2)35-21(32)37-10(3)36-19(30)15-11(7-34-20(31)25(4)5)8-38-18-14(17(29)26(15)18)23-16(28)13(24-33)12(27)6-22/h9-10,14,18,33H,6-8H2,1-5H3,(H,23,28)/t10?,14?,18-/m0/s1. The summed E-state index contributed by atoms with van der Waals surface area (Å²) in [6.07, 6.45) is -3.65. The minimum Gasteiger partial charge on any atom is -0.445 e. The van der Waals surface area contributed by atoms with Gasteiger partial charge < -0.3 is 34.4 Å². The molecule has 0 saturated carbocycles. The van der Waals surface area contributed by atoms with E-state index in [9.17, 15) is 28.8 Å². The minimum absolute atomic E-state index is 0.0951. The van der Waals surface area contributed by atoms with Gasteiger partial charge >= 0.3 is 18.2 Å². The Kier molecular flexibility index (Phi) is 10.9. The number of rotatable bonds is 10. The van der Waals surface area contributed by atoms with Crippen molar-refractivity contribution in [1.82, 2.24) is 15.1 Å². The van der Waals surface area contributed by atoms with Crippen molar-refractivity contribution < 1.29 is 52.9 Å². The summed E-state index contributed by atoms with van der Waals surface area (Å²) in [5.74, 6) is -3.60. The van der Waals surface area contributed by atoms with Crippen LogP contribution in [0.1, 0.15) is 20.8 Å². The van der Waals surface area contributed by atoms with Crippen molar-refractivity contribution >= 4 is 69.2 Å². The fourth-order valence-electron chi connectivity index (χ4n) is 3.15. The third-order valence-electron chi connectivity index (χ3n) is 4.83. The highest BCUT2D eigenvalue weighted by atomic mass is 79.9. The number of amides is 3. The second-order valence-electron chi connectivity index (χ2n) is 8.27. The molecule has 0 aromatic heterocycles. The van der Waals surface area contributed by atoms with Gasteiger partial charge in [0.2, 0.25) is 17.8 Å². The first-order valence-electron chi connectivity index (χ1n) is 11.0. The number of esters is 1. The topological polar surface area (TPSA) is 190 Å². The van der Waals surface area contributed by atoms with E-state index >= 15 is 0 Å². The number of thioether (sulfide) groups is 1. The van der Waals surface area contributed by atoms with Gasteiger partial charge in [-0.15, -0.1) is 11.8 Å². The van der Waals surface area contributed by atoms with Crippen LogP contribution in [0.5, 0.6) is 0 Å². The quantitative estimate of drug-likeness (QED) is 0.0397. The first-order chi connectivity index (χ1) is 17.8. The zero-order valence-electron chi connectivity index (χ0n) is 21.1. The molecule has 3 amide bonds. The number of halogens is 1. The molecule has 38 heavy (non-hydrogen) atoms. The number of ether oxygens (including phenoxy) is 4. The highest BCUT2D eigenvalue weighted by molar-refractivity contribution is 9.09. The number of hydrogen-bond donors (Lipinski definition) is 2. The van der Waals surface area contributed by atoms with Gasteiger partial charge in [-0.25, -0.2) is 14.4 Å². The van der Waals surface area contributed by atoms with Crippen molar-refractivity contribution in [3.05, 3.63) is 11.3 Å². The van der Waals surface area contributed by atoms with Crippen molar-refractivity contribution in [3.8, 4) is 0 Å². The predicted molar refractivity (Wildman–Crippen MR) is 133 cm³/mol. The first kappa shape index (κ1) is 30.9. The number of carbonyl (C=O) groups excluding carboxylic acids is 6. The average Bonchev–Trinajstić information content (AvgIpc) is 2.84. The predicted octanol–water partition coefficient (Wildman–Crippen LogP) is 0.584. The second kappa shape index (κ2) is 13.5. The van der Waals surface area contributed by atoms with Gasteiger partial charge in [-0.05, 0) is 13.8 Å². The molecule has 1 saturated heterocycles. The van der Waals surface area contributed by atoms with Gasteiger partial charge in [0, 0.05) is 32.3 Å². The molecule has 0 radical (unpaired) electrons. The monoisotopic (exact) mass is 622 g/mol. The number of β-lactam (4-membered cyclic amide) rings is 1. The van der Waals surface area contributed by atoms with Gasteiger partial charge in [-0.2, -0.15) is 0 Å². The summed E-state index contributed by atoms with van der Waals surface area (Å²) in [7, 11) is 2.92. The van der Waals surface area contributed by atoms with Crippen LogP contribution >= 0.6 is 27.7 Å². The van der Waals surface area contributed by atoms with E-state index in [1.54, 1.807) is 13.8 Å². The van der Waals surface area contributed by atoms with E-state index in [2.05, 4.69) is 26.4 Å². The number of alkyl halides is 1. The maximum absolute atomic E-state index is 13.1. The third kappa shape index (κ3) is 7.37. The maximum Gasteiger partial charge on any atom is 0.511 e. The molecule has 2 aliphatic rings. The van der Waals surface area contributed by atoms with Crippen LogP contribution in [0, 0.1) is 0 Å². The largest absolute Gasteiger partial charge is 0.511 e. The maximum atomic E-state index is 13.1. The molecule has 0 aliphatic carbocycles. The molecule has 2 aliphatic heterocycles. The van der Waals surface area contributed by atoms with Gasteiger partial charge in [0.25, 0.3) is 11.8 Å². The smallest absolute Gasteiger partial charge is 0.445 e. The highest BCUT2D eigenvalue weighted by Gasteiger charge is 2.55. The SMILES string of the molecule is CC(C)OC(=O)OC(C)OC(=O)C1=C(COC(=O)N(C)C)CS[C@H]2C(NC(=O)C(=NO)C(=O)CBr)C(=O)N12. The fraction of sp³-hybridized carbons (Fsp3) is 0.571. The third-order valence-corrected chi connectivity index (χ3v) is 6.68. The Hall–Kier alpha value is -3.34. The Morgan fingerprint density at radius 3 is 2.39 bits per heavy atom. The number of nitrogens with zero attached hydrogens (tertiary/aromatic N) is 3. The Balaban J connectivity index is 2.25. The lowest BCUT2D eigenvalue weighted by molar-refractivity contribution is -0.169. The Labute approximate surface area is 229 Å². The average molecular weight is 623 g/mol. The molecular weight excluding hydrogens is 596 g/mol. The number of hydrogen-bond acceptors (Lipinski definition) is 13. The molecule has 0 aromatic rings. The Morgan fingerprint density at radius 2 is 1.84 bits per heavy atom. The molecule has 1 fully saturated rings. The van der Waals surface area contributed by atoms with Gasteiger partial charge in [-0.3, -0.25) is 19.3 Å². The number of ketones is 1. The van der Waals surface area contributed by atoms with Crippen molar-refractivity contribution in [2.45, 2.75) is 44.6 Å². The van der Waals surface area contributed by atoms with Gasteiger partial charge in [0.1, 0.15) is 23.7 Å². The first-order valence-corrected chi connectivity index (χ1v) is 13.2. The molecule has 0 aromatic carbocycles. The molecule has 17 heteroatoms. The molecular formula is C21H27BrN4O11S. The van der Waals surface area contributed by atoms with Crippen LogP contribution < -0.4 is 5.32 Å². The summed E-state index contributed by atoms with van der Waals surface area (Å²) >= 11 is 4.01. The molecule has 15 nitrogen and oxygen atoms in total. The lowest BCUT2D eigenvalue weighted by Crippen LogP contribution is -2.71. The van der Waals surface area contributed by atoms with Crippen LogP contribution in [-0.4, -0.2) is 112 Å². The minimum atomic E-state index is -1.40. The number of carbonyl (C=O) groups is 6. The van der Waals surface area contributed by atoms with E-state index in [1.807, 2.05) is 0 Å². The van der Waals surface area contributed by atoms with Crippen LogP contribution in [0.4, 0.5) is 9.59 Å². The van der Waals surface area contributed by atoms with Crippen LogP contribution in [-0.2, 0) is 38.1 Å². The van der Waals surface area contributed by atoms with Gasteiger partial charge in [0.05, 0.1) is 11.4 Å². The van der Waals surface area contributed by atoms with E-state index in [0.29, 0.717) is 0 Å². The zero-order chi connectivity index (χ0) is 28.7. The molecule has 2 heterocycles. The van der Waals surface area contributed by atoms with E-state index < -0.39 is 65.3 Å². The molecule has 2 rings (SSSR count). The molecule has 2 N–H and O–H groups in total. The van der Waals surface area contributed by atoms with Crippen molar-refractivity contribution in [3.63, 3.8) is 0 Å². The summed E-state index contributed by atoms with van der Waals surface area (Å²) in [6.45, 7) is 4.10. The summed E-state index contributed by atoms with van der Waals surface area (Å²) in [5, 5.41) is 12.9. The van der Waals surface area contributed by atoms with E-state index in [1.165, 1.54) is 25.9 Å². The highest BCUT2D eigenvalue weighted by Crippen LogP contribution is 2.41. The lowest BCUT2D eigenvalue weighted by atomic mass is 10.0. The lowest BCUT2D eigenvalue weighted by Gasteiger charge is -2.49. The van der Waals surface area contributed by atoms with Gasteiger partial charge in [-0.1, -0.05) is 21.1 Å². The van der Waals surface area contributed by atoms with Crippen LogP contribution in [0.15, 0.2) is 16.4 Å². The fourth-order valence-corrected chi connectivity index (χ4v) is 4.74. The number of nitrogens with one attached hydrogen (secondary N) is 1. The molecule has 3 atom stereocenters. The summed E-state index contributed by atoms with van der Waals surface area (Å²) in [5.41, 5.74) is -0.829. The molecule has 210 valence electrons. The van der Waals surface area contributed by atoms with Crippen LogP contribution in [0.25, 0.3) is 0 Å². The normalized spacial score (nSPS) is 19.6. The molecule has 2 unspecified atom stereocenters. The number of fused-ring (bicyclic) bond motifs is 1. The van der Waals surface area contributed by atoms with E-state index in [0.717, 1.165) is 16.7 Å². The zero-order valence-corrected chi connectivity index (χ0v) is 23.5. The summed E-state index contributed by atoms with van der Waals surface area (Å²) in [6, 6.07) is -1.17. The van der Waals surface area contributed by atoms with Gasteiger partial charge in [0.15, 0.2) is 0 Å². The summed E-state index contributed by atoms with van der Waals surface area (Å²) in [4.78, 5) is 76.1. The Morgan fingerprint density at radius 1 is 1.18 bits per heavy atom. The molecule has 0 bridgehead atoms. The Bertz CT molecular complexity index is 1060. The second-order valence-corrected chi connectivity index (χ2v) is 9.94. The van der Waals surface area contributed by atoms with E-state index in [-0.39, 0.29) is 29.0 Å². The van der Waals surface area contributed by atoms with Crippen molar-refractivity contribution in [2.24, 2.45) is 5.16 Å². The number of Topliss-reactive ketones (excluding diaryl/α,β-unsaturated/α-hetero) is 1.